The maximum absolute atomic E-state index is 12.4. The van der Waals surface area contributed by atoms with Gasteiger partial charge in [0.05, 0.1) is 19.8 Å². The Balaban J connectivity index is 1.66. The number of nitrogens with one attached hydrogen (secondary N) is 1. The van der Waals surface area contributed by atoms with Crippen LogP contribution in [-0.4, -0.2) is 53.5 Å². The van der Waals surface area contributed by atoms with Gasteiger partial charge in [0.15, 0.2) is 5.84 Å². The van der Waals surface area contributed by atoms with Crippen LogP contribution in [0.15, 0.2) is 64.8 Å². The number of aromatic nitrogens is 3. The van der Waals surface area contributed by atoms with Crippen LogP contribution in [0.4, 0.5) is 0 Å². The summed E-state index contributed by atoms with van der Waals surface area (Å²) in [4.78, 5) is 24.9. The number of pyridine rings is 1. The second-order valence-electron chi connectivity index (χ2n) is 7.98. The molecule has 178 valence electrons. The molecule has 3 aromatic rings. The van der Waals surface area contributed by atoms with Crippen LogP contribution in [0.3, 0.4) is 0 Å². The summed E-state index contributed by atoms with van der Waals surface area (Å²) in [5.74, 6) is 1.11. The fourth-order valence-corrected chi connectivity index (χ4v) is 2.89. The summed E-state index contributed by atoms with van der Waals surface area (Å²) >= 11 is 0. The average molecular weight is 464 g/mol. The second kappa shape index (κ2) is 12.4. The van der Waals surface area contributed by atoms with Gasteiger partial charge in [-0.2, -0.15) is 0 Å². The average Bonchev–Trinajstić information content (AvgIpc) is 2.83. The van der Waals surface area contributed by atoms with Crippen molar-refractivity contribution in [1.29, 1.82) is 5.41 Å². The van der Waals surface area contributed by atoms with E-state index in [1.165, 1.54) is 16.8 Å². The third kappa shape index (κ3) is 7.63. The highest BCUT2D eigenvalue weighted by atomic mass is 16.5. The fraction of sp³-hybridized carbons (Fsp3) is 0.320. The van der Waals surface area contributed by atoms with Crippen molar-refractivity contribution >= 4 is 12.1 Å². The molecule has 0 bridgehead atoms. The number of methoxy groups -OCH3 is 1. The Bertz CT molecular complexity index is 1170. The van der Waals surface area contributed by atoms with Gasteiger partial charge in [-0.25, -0.2) is 15.0 Å². The fourth-order valence-electron chi connectivity index (χ4n) is 2.89. The quantitative estimate of drug-likeness (QED) is 0.266. The Morgan fingerprint density at radius 1 is 1.15 bits per heavy atom. The first-order valence-electron chi connectivity index (χ1n) is 10.9. The Kier molecular flexibility index (Phi) is 9.04. The van der Waals surface area contributed by atoms with Crippen molar-refractivity contribution < 1.29 is 14.2 Å². The van der Waals surface area contributed by atoms with Crippen molar-refractivity contribution in [2.75, 3.05) is 26.9 Å². The Morgan fingerprint density at radius 2 is 1.94 bits per heavy atom. The molecule has 1 N–H and O–H groups in total. The first kappa shape index (κ1) is 24.8. The predicted molar refractivity (Wildman–Crippen MR) is 130 cm³/mol. The zero-order chi connectivity index (χ0) is 24.3. The summed E-state index contributed by atoms with van der Waals surface area (Å²) in [6.07, 6.45) is 6.30. The summed E-state index contributed by atoms with van der Waals surface area (Å²) in [7, 11) is 1.62. The van der Waals surface area contributed by atoms with Gasteiger partial charge in [0, 0.05) is 49.1 Å². The molecule has 0 unspecified atom stereocenters. The predicted octanol–water partition coefficient (Wildman–Crippen LogP) is 3.19. The maximum Gasteiger partial charge on any atom is 0.316 e. The van der Waals surface area contributed by atoms with Crippen molar-refractivity contribution in [2.45, 2.75) is 20.4 Å². The molecule has 0 saturated heterocycles. The molecule has 0 aliphatic carbocycles. The highest BCUT2D eigenvalue weighted by Gasteiger charge is 2.06. The van der Waals surface area contributed by atoms with E-state index in [-0.39, 0.29) is 11.4 Å². The Hall–Kier alpha value is -3.85. The second-order valence-corrected chi connectivity index (χ2v) is 7.98. The first-order valence-corrected chi connectivity index (χ1v) is 10.9. The third-order valence-electron chi connectivity index (χ3n) is 4.60. The van der Waals surface area contributed by atoms with Gasteiger partial charge in [0.25, 0.3) is 5.56 Å². The molecule has 1 aromatic carbocycles. The van der Waals surface area contributed by atoms with E-state index in [0.29, 0.717) is 55.2 Å². The SMILES string of the molecule is COCCOc1cccc(Cn2cc(C(=N)N=Cc3cnc(OCC(C)C)nc3)ccc2=O)c1. The molecule has 34 heavy (non-hydrogen) atoms. The molecule has 0 spiro atoms. The van der Waals surface area contributed by atoms with Crippen LogP contribution < -0.4 is 15.0 Å². The van der Waals surface area contributed by atoms with Crippen LogP contribution in [0.5, 0.6) is 11.8 Å². The zero-order valence-corrected chi connectivity index (χ0v) is 19.6. The summed E-state index contributed by atoms with van der Waals surface area (Å²) in [5.41, 5.74) is 1.89. The van der Waals surface area contributed by atoms with Crippen LogP contribution in [0.2, 0.25) is 0 Å². The van der Waals surface area contributed by atoms with Gasteiger partial charge in [-0.15, -0.1) is 0 Å². The molecule has 0 saturated carbocycles. The summed E-state index contributed by atoms with van der Waals surface area (Å²) in [5, 5.41) is 8.30. The van der Waals surface area contributed by atoms with Crippen molar-refractivity contribution in [3.8, 4) is 11.8 Å². The summed E-state index contributed by atoms with van der Waals surface area (Å²) in [6, 6.07) is 10.9. The highest BCUT2D eigenvalue weighted by Crippen LogP contribution is 2.14. The molecule has 0 fully saturated rings. The molecule has 0 radical (unpaired) electrons. The highest BCUT2D eigenvalue weighted by molar-refractivity contribution is 6.02. The molecular formula is C25H29N5O4. The number of rotatable bonds is 11. The summed E-state index contributed by atoms with van der Waals surface area (Å²) in [6.45, 7) is 5.92. The Labute approximate surface area is 198 Å². The number of hydrogen-bond donors (Lipinski definition) is 1. The molecule has 9 nitrogen and oxygen atoms in total. The first-order chi connectivity index (χ1) is 16.4. The molecule has 3 rings (SSSR count). The van der Waals surface area contributed by atoms with E-state index in [1.807, 2.05) is 38.1 Å². The zero-order valence-electron chi connectivity index (χ0n) is 19.6. The number of ether oxygens (including phenoxy) is 3. The topological polar surface area (TPSA) is 112 Å². The van der Waals surface area contributed by atoms with Crippen LogP contribution in [-0.2, 0) is 11.3 Å². The minimum Gasteiger partial charge on any atom is -0.491 e. The van der Waals surface area contributed by atoms with Crippen molar-refractivity contribution in [1.82, 2.24) is 14.5 Å². The Morgan fingerprint density at radius 3 is 2.68 bits per heavy atom. The van der Waals surface area contributed by atoms with E-state index in [4.69, 9.17) is 19.6 Å². The van der Waals surface area contributed by atoms with E-state index in [1.54, 1.807) is 31.8 Å². The van der Waals surface area contributed by atoms with E-state index in [9.17, 15) is 4.79 Å². The molecule has 2 heterocycles. The third-order valence-corrected chi connectivity index (χ3v) is 4.60. The van der Waals surface area contributed by atoms with Crippen LogP contribution in [0.25, 0.3) is 0 Å². The lowest BCUT2D eigenvalue weighted by Gasteiger charge is -2.10. The smallest absolute Gasteiger partial charge is 0.316 e. The van der Waals surface area contributed by atoms with Crippen LogP contribution >= 0.6 is 0 Å². The lowest BCUT2D eigenvalue weighted by molar-refractivity contribution is 0.146. The number of aliphatic imine (C=N–C) groups is 1. The number of benzene rings is 1. The van der Waals surface area contributed by atoms with Crippen LogP contribution in [0, 0.1) is 11.3 Å². The standard InChI is InChI=1S/C25H29N5O4/c1-18(2)17-34-25-28-13-20(14-29-25)12-27-24(26)21-7-8-23(31)30(16-21)15-19-5-4-6-22(11-19)33-10-9-32-3/h4-8,11-14,16,18,26H,9-10,15,17H2,1-3H3. The van der Waals surface area contributed by atoms with Crippen molar-refractivity contribution in [3.63, 3.8) is 0 Å². The van der Waals surface area contributed by atoms with Gasteiger partial charge in [0.1, 0.15) is 12.4 Å². The van der Waals surface area contributed by atoms with Gasteiger partial charge in [-0.1, -0.05) is 26.0 Å². The van der Waals surface area contributed by atoms with Gasteiger partial charge < -0.3 is 18.8 Å². The van der Waals surface area contributed by atoms with Crippen LogP contribution in [0.1, 0.15) is 30.5 Å². The molecule has 2 aromatic heterocycles. The van der Waals surface area contributed by atoms with E-state index >= 15 is 0 Å². The molecular weight excluding hydrogens is 434 g/mol. The number of nitrogens with zero attached hydrogens (tertiary/aromatic N) is 4. The lowest BCUT2D eigenvalue weighted by Crippen LogP contribution is -2.20. The van der Waals surface area contributed by atoms with E-state index in [0.717, 1.165) is 5.56 Å². The largest absolute Gasteiger partial charge is 0.491 e. The van der Waals surface area contributed by atoms with Crippen molar-refractivity contribution in [2.24, 2.45) is 10.9 Å². The molecule has 0 amide bonds. The minimum absolute atomic E-state index is 0.0190. The monoisotopic (exact) mass is 463 g/mol. The van der Waals surface area contributed by atoms with E-state index in [2.05, 4.69) is 15.0 Å². The maximum atomic E-state index is 12.4. The number of hydrogen-bond acceptors (Lipinski definition) is 7. The van der Waals surface area contributed by atoms with Gasteiger partial charge in [0.2, 0.25) is 0 Å². The van der Waals surface area contributed by atoms with Gasteiger partial charge in [-0.3, -0.25) is 10.2 Å². The van der Waals surface area contributed by atoms with E-state index < -0.39 is 0 Å². The summed E-state index contributed by atoms with van der Waals surface area (Å²) < 4.78 is 17.6. The van der Waals surface area contributed by atoms with Crippen molar-refractivity contribution in [3.05, 3.63) is 82.0 Å². The molecule has 9 heteroatoms. The minimum atomic E-state index is -0.170. The normalized spacial score (nSPS) is 11.2. The molecule has 0 atom stereocenters. The number of amidine groups is 1. The van der Waals surface area contributed by atoms with Gasteiger partial charge in [-0.05, 0) is 29.7 Å². The molecule has 0 aliphatic heterocycles. The molecule has 0 aliphatic rings. The lowest BCUT2D eigenvalue weighted by atomic mass is 10.2. The van der Waals surface area contributed by atoms with Gasteiger partial charge >= 0.3 is 6.01 Å².